The maximum atomic E-state index is 14.4. The number of nitrogens with zero attached hydrogens (tertiary/aromatic N) is 6. The summed E-state index contributed by atoms with van der Waals surface area (Å²) in [6.45, 7) is 0. The summed E-state index contributed by atoms with van der Waals surface area (Å²) in [6.07, 6.45) is -3.34. The van der Waals surface area contributed by atoms with E-state index in [1.807, 2.05) is 19.0 Å². The van der Waals surface area contributed by atoms with Crippen LogP contribution < -0.4 is 4.90 Å². The van der Waals surface area contributed by atoms with Gasteiger partial charge < -0.3 is 9.32 Å². The molecule has 0 radical (unpaired) electrons. The standard InChI is InChI=1S/C22H15F5N6O/c1-32(2)13-5-3-12(4-6-13)15-9-17(21(23,24)22(25,26)27)30-19-14(15)7-8-18-29-16(10-33(18)19)20-31-28-11-34-20/h3-11H,1-2H3. The van der Waals surface area contributed by atoms with Gasteiger partial charge in [-0.2, -0.15) is 22.0 Å². The molecule has 5 aromatic rings. The summed E-state index contributed by atoms with van der Waals surface area (Å²) in [7, 11) is 3.66. The molecule has 0 N–H and O–H groups in total. The van der Waals surface area contributed by atoms with Gasteiger partial charge in [-0.1, -0.05) is 12.1 Å². The fourth-order valence-corrected chi connectivity index (χ4v) is 3.60. The third-order valence-corrected chi connectivity index (χ3v) is 5.35. The van der Waals surface area contributed by atoms with Gasteiger partial charge in [-0.3, -0.25) is 4.40 Å². The van der Waals surface area contributed by atoms with Gasteiger partial charge in [0.05, 0.1) is 0 Å². The lowest BCUT2D eigenvalue weighted by atomic mass is 9.99. The van der Waals surface area contributed by atoms with Crippen LogP contribution in [0, 0.1) is 0 Å². The van der Waals surface area contributed by atoms with Crippen LogP contribution in [0.4, 0.5) is 27.6 Å². The van der Waals surface area contributed by atoms with Gasteiger partial charge in [0, 0.05) is 31.4 Å². The second kappa shape index (κ2) is 7.47. The molecule has 34 heavy (non-hydrogen) atoms. The normalized spacial score (nSPS) is 12.6. The fourth-order valence-electron chi connectivity index (χ4n) is 3.60. The van der Waals surface area contributed by atoms with Crippen molar-refractivity contribution in [2.45, 2.75) is 12.1 Å². The molecule has 1 aromatic carbocycles. The Morgan fingerprint density at radius 3 is 2.29 bits per heavy atom. The highest BCUT2D eigenvalue weighted by molar-refractivity contribution is 5.95. The molecule has 0 aliphatic heterocycles. The molecule has 5 rings (SSSR count). The molecule has 0 spiro atoms. The van der Waals surface area contributed by atoms with Gasteiger partial charge in [0.15, 0.2) is 0 Å². The fraction of sp³-hybridized carbons (Fsp3) is 0.182. The highest BCUT2D eigenvalue weighted by Crippen LogP contribution is 2.45. The number of aromatic nitrogens is 5. The minimum atomic E-state index is -5.82. The predicted octanol–water partition coefficient (Wildman–Crippen LogP) is 5.32. The van der Waals surface area contributed by atoms with Crippen LogP contribution in [0.1, 0.15) is 5.69 Å². The van der Waals surface area contributed by atoms with Crippen molar-refractivity contribution in [1.29, 1.82) is 0 Å². The summed E-state index contributed by atoms with van der Waals surface area (Å²) in [6, 6.07) is 10.8. The van der Waals surface area contributed by atoms with Crippen LogP contribution in [0.5, 0.6) is 0 Å². The molecular formula is C22H15F5N6O. The number of anilines is 1. The van der Waals surface area contributed by atoms with E-state index in [0.717, 1.165) is 18.1 Å². The number of rotatable bonds is 4. The lowest BCUT2D eigenvalue weighted by Gasteiger charge is -2.21. The van der Waals surface area contributed by atoms with Crippen LogP contribution in [-0.2, 0) is 5.92 Å². The predicted molar refractivity (Wildman–Crippen MR) is 113 cm³/mol. The average Bonchev–Trinajstić information content (AvgIpc) is 3.47. The third kappa shape index (κ3) is 3.42. The second-order valence-electron chi connectivity index (χ2n) is 7.74. The first kappa shape index (κ1) is 21.7. The molecule has 4 aromatic heterocycles. The number of alkyl halides is 5. The molecule has 0 amide bonds. The number of pyridine rings is 2. The smallest absolute Gasteiger partial charge is 0.422 e. The Hall–Kier alpha value is -4.09. The van der Waals surface area contributed by atoms with E-state index < -0.39 is 17.8 Å². The zero-order chi connectivity index (χ0) is 24.3. The molecule has 174 valence electrons. The lowest BCUT2D eigenvalue weighted by molar-refractivity contribution is -0.290. The zero-order valence-electron chi connectivity index (χ0n) is 17.7. The van der Waals surface area contributed by atoms with E-state index in [1.165, 1.54) is 10.6 Å². The van der Waals surface area contributed by atoms with Gasteiger partial charge in [0.1, 0.15) is 22.7 Å². The molecule has 7 nitrogen and oxygen atoms in total. The van der Waals surface area contributed by atoms with Crippen molar-refractivity contribution in [3.05, 3.63) is 60.7 Å². The monoisotopic (exact) mass is 474 g/mol. The van der Waals surface area contributed by atoms with E-state index in [1.54, 1.807) is 36.4 Å². The van der Waals surface area contributed by atoms with E-state index in [-0.39, 0.29) is 28.4 Å². The molecule has 0 aliphatic carbocycles. The van der Waals surface area contributed by atoms with Gasteiger partial charge >= 0.3 is 12.1 Å². The minimum Gasteiger partial charge on any atom is -0.422 e. The Morgan fingerprint density at radius 1 is 0.941 bits per heavy atom. The van der Waals surface area contributed by atoms with Crippen molar-refractivity contribution >= 4 is 22.4 Å². The van der Waals surface area contributed by atoms with Crippen molar-refractivity contribution < 1.29 is 26.4 Å². The van der Waals surface area contributed by atoms with Crippen molar-refractivity contribution in [3.63, 3.8) is 0 Å². The summed E-state index contributed by atoms with van der Waals surface area (Å²) >= 11 is 0. The Bertz CT molecular complexity index is 1490. The number of imidazole rings is 1. The second-order valence-corrected chi connectivity index (χ2v) is 7.74. The van der Waals surface area contributed by atoms with Crippen molar-refractivity contribution in [3.8, 4) is 22.7 Å². The van der Waals surface area contributed by atoms with Crippen LogP contribution in [0.15, 0.2) is 59.5 Å². The summed E-state index contributed by atoms with van der Waals surface area (Å²) in [5.74, 6) is -5.11. The summed E-state index contributed by atoms with van der Waals surface area (Å²) in [5.41, 5.74) is 0.400. The molecule has 0 unspecified atom stereocenters. The number of fused-ring (bicyclic) bond motifs is 3. The molecule has 12 heteroatoms. The van der Waals surface area contributed by atoms with E-state index in [9.17, 15) is 22.0 Å². The van der Waals surface area contributed by atoms with E-state index in [2.05, 4.69) is 20.2 Å². The van der Waals surface area contributed by atoms with Gasteiger partial charge in [-0.05, 0) is 41.5 Å². The quantitative estimate of drug-likeness (QED) is 0.329. The van der Waals surface area contributed by atoms with Gasteiger partial charge in [0.2, 0.25) is 6.39 Å². The number of benzene rings is 1. The molecule has 0 fully saturated rings. The molecule has 0 atom stereocenters. The Balaban J connectivity index is 1.81. The van der Waals surface area contributed by atoms with Crippen LogP contribution in [0.2, 0.25) is 0 Å². The molecule has 0 aliphatic rings. The molecule has 0 bridgehead atoms. The number of halogens is 5. The Kier molecular flexibility index (Phi) is 4.78. The van der Waals surface area contributed by atoms with Crippen LogP contribution >= 0.6 is 0 Å². The molecular weight excluding hydrogens is 459 g/mol. The van der Waals surface area contributed by atoms with Crippen molar-refractivity contribution in [2.75, 3.05) is 19.0 Å². The van der Waals surface area contributed by atoms with Gasteiger partial charge in [-0.25, -0.2) is 9.97 Å². The number of hydrogen-bond donors (Lipinski definition) is 0. The van der Waals surface area contributed by atoms with E-state index in [4.69, 9.17) is 4.42 Å². The SMILES string of the molecule is CN(C)c1ccc(-c2cc(C(F)(F)C(F)(F)F)nc3c2ccc2nc(-c4nnco4)cn23)cc1. The Morgan fingerprint density at radius 2 is 1.68 bits per heavy atom. The Labute approximate surface area is 188 Å². The highest BCUT2D eigenvalue weighted by Gasteiger charge is 2.60. The lowest BCUT2D eigenvalue weighted by Crippen LogP contribution is -2.34. The maximum absolute atomic E-state index is 14.4. The third-order valence-electron chi connectivity index (χ3n) is 5.35. The van der Waals surface area contributed by atoms with Gasteiger partial charge in [-0.15, -0.1) is 10.2 Å². The molecule has 4 heterocycles. The van der Waals surface area contributed by atoms with Gasteiger partial charge in [0.25, 0.3) is 5.89 Å². The first-order valence-corrected chi connectivity index (χ1v) is 9.88. The van der Waals surface area contributed by atoms with Crippen LogP contribution in [0.25, 0.3) is 39.4 Å². The zero-order valence-corrected chi connectivity index (χ0v) is 17.7. The molecule has 0 saturated heterocycles. The van der Waals surface area contributed by atoms with E-state index in [0.29, 0.717) is 10.9 Å². The maximum Gasteiger partial charge on any atom is 0.459 e. The summed E-state index contributed by atoms with van der Waals surface area (Å²) in [4.78, 5) is 9.88. The molecule has 0 saturated carbocycles. The van der Waals surface area contributed by atoms with E-state index >= 15 is 0 Å². The van der Waals surface area contributed by atoms with Crippen LogP contribution in [0.3, 0.4) is 0 Å². The topological polar surface area (TPSA) is 72.3 Å². The summed E-state index contributed by atoms with van der Waals surface area (Å²) < 4.78 is 75.1. The largest absolute Gasteiger partial charge is 0.459 e. The van der Waals surface area contributed by atoms with Crippen molar-refractivity contribution in [1.82, 2.24) is 24.6 Å². The number of hydrogen-bond acceptors (Lipinski definition) is 6. The first-order chi connectivity index (χ1) is 16.1. The highest BCUT2D eigenvalue weighted by atomic mass is 19.4. The van der Waals surface area contributed by atoms with Crippen LogP contribution in [-0.4, -0.2) is 44.8 Å². The van der Waals surface area contributed by atoms with Crippen molar-refractivity contribution in [2.24, 2.45) is 0 Å². The average molecular weight is 474 g/mol. The summed E-state index contributed by atoms with van der Waals surface area (Å²) in [5, 5.41) is 7.68. The minimum absolute atomic E-state index is 0.0631. The first-order valence-electron chi connectivity index (χ1n) is 9.88.